The lowest BCUT2D eigenvalue weighted by molar-refractivity contribution is 0.102. The van der Waals surface area contributed by atoms with Crippen molar-refractivity contribution in [3.05, 3.63) is 76.6 Å². The maximum atomic E-state index is 12.5. The van der Waals surface area contributed by atoms with Gasteiger partial charge in [0.05, 0.1) is 5.56 Å². The van der Waals surface area contributed by atoms with E-state index in [0.717, 1.165) is 28.1 Å². The van der Waals surface area contributed by atoms with Crippen molar-refractivity contribution in [1.82, 2.24) is 9.97 Å². The van der Waals surface area contributed by atoms with Crippen molar-refractivity contribution < 1.29 is 4.79 Å². The molecule has 0 radical (unpaired) electrons. The number of amides is 1. The van der Waals surface area contributed by atoms with Gasteiger partial charge in [0.2, 0.25) is 5.95 Å². The highest BCUT2D eigenvalue weighted by molar-refractivity contribution is 6.04. The molecule has 5 nitrogen and oxygen atoms in total. The van der Waals surface area contributed by atoms with Gasteiger partial charge in [-0.25, -0.2) is 9.97 Å². The molecule has 1 heterocycles. The topological polar surface area (TPSA) is 66.9 Å². The minimum atomic E-state index is -0.220. The summed E-state index contributed by atoms with van der Waals surface area (Å²) < 4.78 is 0. The maximum absolute atomic E-state index is 12.5. The monoisotopic (exact) mass is 346 g/mol. The summed E-state index contributed by atoms with van der Waals surface area (Å²) in [5.74, 6) is 0.233. The SMILES string of the molecule is Cc1cccc(Nc2ncc(C(=O)Nc3c(C)cc(C)cc3C)cn2)c1. The zero-order valence-corrected chi connectivity index (χ0v) is 15.4. The summed E-state index contributed by atoms with van der Waals surface area (Å²) in [5.41, 5.74) is 6.56. The van der Waals surface area contributed by atoms with E-state index in [1.807, 2.05) is 64.1 Å². The van der Waals surface area contributed by atoms with Crippen LogP contribution >= 0.6 is 0 Å². The Morgan fingerprint density at radius 3 is 2.15 bits per heavy atom. The molecule has 0 unspecified atom stereocenters. The van der Waals surface area contributed by atoms with Crippen LogP contribution < -0.4 is 10.6 Å². The lowest BCUT2D eigenvalue weighted by Crippen LogP contribution is -2.15. The summed E-state index contributed by atoms with van der Waals surface area (Å²) >= 11 is 0. The van der Waals surface area contributed by atoms with Gasteiger partial charge in [0, 0.05) is 23.8 Å². The number of nitrogens with one attached hydrogen (secondary N) is 2. The van der Waals surface area contributed by atoms with Crippen molar-refractivity contribution in [1.29, 1.82) is 0 Å². The molecule has 1 aromatic heterocycles. The number of aromatic nitrogens is 2. The molecule has 26 heavy (non-hydrogen) atoms. The second-order valence-corrected chi connectivity index (χ2v) is 6.52. The molecular weight excluding hydrogens is 324 g/mol. The number of benzene rings is 2. The molecule has 2 N–H and O–H groups in total. The van der Waals surface area contributed by atoms with E-state index in [2.05, 4.69) is 20.6 Å². The highest BCUT2D eigenvalue weighted by Crippen LogP contribution is 2.22. The van der Waals surface area contributed by atoms with E-state index >= 15 is 0 Å². The smallest absolute Gasteiger partial charge is 0.258 e. The van der Waals surface area contributed by atoms with E-state index < -0.39 is 0 Å². The minimum Gasteiger partial charge on any atom is -0.324 e. The number of hydrogen-bond donors (Lipinski definition) is 2. The lowest BCUT2D eigenvalue weighted by atomic mass is 10.0. The van der Waals surface area contributed by atoms with Gasteiger partial charge >= 0.3 is 0 Å². The Balaban J connectivity index is 1.73. The third kappa shape index (κ3) is 4.06. The first-order chi connectivity index (χ1) is 12.4. The molecule has 0 bridgehead atoms. The molecule has 0 aliphatic carbocycles. The molecule has 0 aliphatic heterocycles. The number of carbonyl (C=O) groups is 1. The maximum Gasteiger partial charge on any atom is 0.258 e. The molecule has 5 heteroatoms. The van der Waals surface area contributed by atoms with Gasteiger partial charge in [0.25, 0.3) is 5.91 Å². The molecule has 3 aromatic rings. The largest absolute Gasteiger partial charge is 0.324 e. The third-order valence-corrected chi connectivity index (χ3v) is 4.10. The fourth-order valence-corrected chi connectivity index (χ4v) is 2.92. The van der Waals surface area contributed by atoms with Crippen LogP contribution in [-0.4, -0.2) is 15.9 Å². The van der Waals surface area contributed by atoms with Gasteiger partial charge in [-0.15, -0.1) is 0 Å². The summed E-state index contributed by atoms with van der Waals surface area (Å²) in [5, 5.41) is 6.09. The van der Waals surface area contributed by atoms with Crippen LogP contribution in [0.1, 0.15) is 32.6 Å². The molecule has 0 saturated heterocycles. The fourth-order valence-electron chi connectivity index (χ4n) is 2.92. The Morgan fingerprint density at radius 1 is 0.885 bits per heavy atom. The van der Waals surface area contributed by atoms with E-state index in [-0.39, 0.29) is 5.91 Å². The average Bonchev–Trinajstić information content (AvgIpc) is 2.58. The molecule has 132 valence electrons. The van der Waals surface area contributed by atoms with Crippen LogP contribution in [0.4, 0.5) is 17.3 Å². The van der Waals surface area contributed by atoms with Crippen molar-refractivity contribution in [3.8, 4) is 0 Å². The second-order valence-electron chi connectivity index (χ2n) is 6.52. The standard InChI is InChI=1S/C21H22N4O/c1-13-6-5-7-18(10-13)24-21-22-11-17(12-23-21)20(26)25-19-15(3)8-14(2)9-16(19)4/h5-12H,1-4H3,(H,25,26)(H,22,23,24). The van der Waals surface area contributed by atoms with Crippen LogP contribution in [-0.2, 0) is 0 Å². The molecule has 1 amide bonds. The van der Waals surface area contributed by atoms with Gasteiger partial charge in [-0.3, -0.25) is 4.79 Å². The number of hydrogen-bond acceptors (Lipinski definition) is 4. The number of aryl methyl sites for hydroxylation is 4. The van der Waals surface area contributed by atoms with Crippen LogP contribution in [0.15, 0.2) is 48.8 Å². The quantitative estimate of drug-likeness (QED) is 0.718. The Kier molecular flexibility index (Phi) is 4.98. The fraction of sp³-hybridized carbons (Fsp3) is 0.190. The Bertz CT molecular complexity index is 925. The van der Waals surface area contributed by atoms with E-state index in [9.17, 15) is 4.79 Å². The summed E-state index contributed by atoms with van der Waals surface area (Å²) in [4.78, 5) is 21.0. The van der Waals surface area contributed by atoms with Crippen LogP contribution in [0.25, 0.3) is 0 Å². The van der Waals surface area contributed by atoms with Gasteiger partial charge in [0.15, 0.2) is 0 Å². The van der Waals surface area contributed by atoms with Crippen molar-refractivity contribution in [2.45, 2.75) is 27.7 Å². The molecule has 0 atom stereocenters. The first kappa shape index (κ1) is 17.6. The van der Waals surface area contributed by atoms with Crippen molar-refractivity contribution in [3.63, 3.8) is 0 Å². The first-order valence-electron chi connectivity index (χ1n) is 8.47. The highest BCUT2D eigenvalue weighted by atomic mass is 16.1. The Hall–Kier alpha value is -3.21. The number of anilines is 3. The van der Waals surface area contributed by atoms with Gasteiger partial charge in [0.1, 0.15) is 0 Å². The van der Waals surface area contributed by atoms with Gasteiger partial charge in [-0.1, -0.05) is 29.8 Å². The summed E-state index contributed by atoms with van der Waals surface area (Å²) in [7, 11) is 0. The molecule has 0 saturated carbocycles. The molecule has 0 spiro atoms. The Morgan fingerprint density at radius 2 is 1.54 bits per heavy atom. The zero-order chi connectivity index (χ0) is 18.7. The summed E-state index contributed by atoms with van der Waals surface area (Å²) in [6.45, 7) is 8.04. The Labute approximate surface area is 153 Å². The van der Waals surface area contributed by atoms with Crippen LogP contribution in [0, 0.1) is 27.7 Å². The zero-order valence-electron chi connectivity index (χ0n) is 15.4. The summed E-state index contributed by atoms with van der Waals surface area (Å²) in [6.07, 6.45) is 3.05. The van der Waals surface area contributed by atoms with Crippen LogP contribution in [0.5, 0.6) is 0 Å². The number of nitrogens with zero attached hydrogens (tertiary/aromatic N) is 2. The van der Waals surface area contributed by atoms with E-state index in [0.29, 0.717) is 11.5 Å². The molecular formula is C21H22N4O. The molecule has 0 aliphatic rings. The van der Waals surface area contributed by atoms with Gasteiger partial charge < -0.3 is 10.6 Å². The van der Waals surface area contributed by atoms with Gasteiger partial charge in [-0.2, -0.15) is 0 Å². The van der Waals surface area contributed by atoms with E-state index in [1.165, 1.54) is 18.0 Å². The minimum absolute atomic E-state index is 0.220. The average molecular weight is 346 g/mol. The van der Waals surface area contributed by atoms with Crippen molar-refractivity contribution >= 4 is 23.2 Å². The predicted octanol–water partition coefficient (Wildman–Crippen LogP) is 4.71. The van der Waals surface area contributed by atoms with Crippen molar-refractivity contribution in [2.24, 2.45) is 0 Å². The molecule has 0 fully saturated rings. The summed E-state index contributed by atoms with van der Waals surface area (Å²) in [6, 6.07) is 12.0. The van der Waals surface area contributed by atoms with Crippen molar-refractivity contribution in [2.75, 3.05) is 10.6 Å². The molecule has 3 rings (SSSR count). The number of carbonyl (C=O) groups excluding carboxylic acids is 1. The third-order valence-electron chi connectivity index (χ3n) is 4.10. The lowest BCUT2D eigenvalue weighted by Gasteiger charge is -2.13. The predicted molar refractivity (Wildman–Crippen MR) is 105 cm³/mol. The normalized spacial score (nSPS) is 10.5. The first-order valence-corrected chi connectivity index (χ1v) is 8.47. The van der Waals surface area contributed by atoms with Crippen LogP contribution in [0.2, 0.25) is 0 Å². The number of rotatable bonds is 4. The molecule has 2 aromatic carbocycles. The highest BCUT2D eigenvalue weighted by Gasteiger charge is 2.11. The van der Waals surface area contributed by atoms with Gasteiger partial charge in [-0.05, 0) is 56.5 Å². The van der Waals surface area contributed by atoms with Crippen LogP contribution in [0.3, 0.4) is 0 Å². The van der Waals surface area contributed by atoms with E-state index in [4.69, 9.17) is 0 Å². The second kappa shape index (κ2) is 7.35. The van der Waals surface area contributed by atoms with E-state index in [1.54, 1.807) is 0 Å².